The van der Waals surface area contributed by atoms with E-state index < -0.39 is 11.9 Å². The summed E-state index contributed by atoms with van der Waals surface area (Å²) in [5.74, 6) is -3.65. The Hall–Kier alpha value is -2.00. The Morgan fingerprint density at radius 2 is 1.85 bits per heavy atom. The predicted octanol–water partition coefficient (Wildman–Crippen LogP) is 1.93. The first-order valence-electron chi connectivity index (χ1n) is 8.31. The Morgan fingerprint density at radius 3 is 2.46 bits per heavy atom. The third-order valence-electron chi connectivity index (χ3n) is 3.65. The van der Waals surface area contributed by atoms with E-state index in [2.05, 4.69) is 41.5 Å². The van der Waals surface area contributed by atoms with Gasteiger partial charge in [0, 0.05) is 17.8 Å². The molecule has 0 unspecified atom stereocenters. The van der Waals surface area contributed by atoms with E-state index in [0.29, 0.717) is 0 Å². The summed E-state index contributed by atoms with van der Waals surface area (Å²) in [4.78, 5) is 20.4. The van der Waals surface area contributed by atoms with E-state index in [1.165, 1.54) is 15.6 Å². The molecule has 0 aliphatic heterocycles. The molecule has 0 spiro atoms. The van der Waals surface area contributed by atoms with Crippen LogP contribution in [0.3, 0.4) is 0 Å². The van der Waals surface area contributed by atoms with Gasteiger partial charge in [-0.1, -0.05) is 19.1 Å². The van der Waals surface area contributed by atoms with E-state index >= 15 is 0 Å². The van der Waals surface area contributed by atoms with Gasteiger partial charge in [0.1, 0.15) is 0 Å². The number of hydrogen-bond acceptors (Lipinski definition) is 6. The lowest BCUT2D eigenvalue weighted by Crippen LogP contribution is -2.30. The number of fused-ring (bicyclic) bond motifs is 1. The van der Waals surface area contributed by atoms with Gasteiger partial charge in [0.15, 0.2) is 0 Å². The first kappa shape index (κ1) is 22.0. The highest BCUT2D eigenvalue weighted by Gasteiger charge is 2.04. The van der Waals surface area contributed by atoms with Gasteiger partial charge in [0.2, 0.25) is 0 Å². The molecule has 0 aliphatic carbocycles. The minimum atomic E-state index is -1.82. The summed E-state index contributed by atoms with van der Waals surface area (Å²) in [5.41, 5.74) is 1.33. The molecule has 0 amide bonds. The number of likely N-dealkylation sites (N-methyl/N-ethyl adjacent to an activating group) is 1. The van der Waals surface area contributed by atoms with Gasteiger partial charge in [0.05, 0.1) is 19.8 Å². The van der Waals surface area contributed by atoms with Crippen LogP contribution in [0.4, 0.5) is 0 Å². The number of hydrogen-bond donors (Lipinski definition) is 3. The van der Waals surface area contributed by atoms with Gasteiger partial charge in [-0.05, 0) is 41.4 Å². The number of aliphatic hydroxyl groups excluding tert-OH is 1. The zero-order chi connectivity index (χ0) is 19.4. The first-order chi connectivity index (χ1) is 12.5. The highest BCUT2D eigenvalue weighted by Crippen LogP contribution is 2.21. The molecular weight excluding hydrogens is 358 g/mol. The van der Waals surface area contributed by atoms with Gasteiger partial charge >= 0.3 is 11.9 Å². The molecule has 144 valence electrons. The maximum atomic E-state index is 9.10. The molecule has 3 N–H and O–H groups in total. The van der Waals surface area contributed by atoms with Crippen molar-refractivity contribution in [2.75, 3.05) is 39.5 Å². The predicted molar refractivity (Wildman–Crippen MR) is 101 cm³/mol. The quantitative estimate of drug-likeness (QED) is 0.449. The van der Waals surface area contributed by atoms with Crippen LogP contribution < -0.4 is 0 Å². The molecule has 2 rings (SSSR count). The van der Waals surface area contributed by atoms with Gasteiger partial charge < -0.3 is 20.1 Å². The number of rotatable bonds is 9. The lowest BCUT2D eigenvalue weighted by Gasteiger charge is -2.18. The van der Waals surface area contributed by atoms with Crippen molar-refractivity contribution >= 4 is 33.4 Å². The van der Waals surface area contributed by atoms with E-state index in [4.69, 9.17) is 29.6 Å². The molecule has 0 aliphatic rings. The third-order valence-corrected chi connectivity index (χ3v) is 4.55. The van der Waals surface area contributed by atoms with Crippen LogP contribution in [0.1, 0.15) is 12.5 Å². The fraction of sp³-hybridized carbons (Fsp3) is 0.444. The van der Waals surface area contributed by atoms with E-state index in [0.717, 1.165) is 39.3 Å². The molecular formula is C18H25NO6S. The second kappa shape index (κ2) is 12.4. The summed E-state index contributed by atoms with van der Waals surface area (Å²) >= 11 is 1.78. The standard InChI is InChI=1S/C16H23NO2S.C2H2O4/c1-2-17(7-9-18)8-11-19-10-5-14-3-4-16-15(13-14)6-12-20-16;3-1(4)2(5)6/h3-4,6,12-13,18H,2,5,7-11H2,1H3;(H,3,4)(H,5,6). The van der Waals surface area contributed by atoms with Crippen LogP contribution in [0.25, 0.3) is 10.1 Å². The smallest absolute Gasteiger partial charge is 0.414 e. The van der Waals surface area contributed by atoms with Crippen LogP contribution in [0, 0.1) is 0 Å². The highest BCUT2D eigenvalue weighted by atomic mass is 32.1. The Bertz CT molecular complexity index is 675. The van der Waals surface area contributed by atoms with Crippen molar-refractivity contribution in [3.63, 3.8) is 0 Å². The minimum Gasteiger partial charge on any atom is -0.473 e. The molecule has 7 nitrogen and oxygen atoms in total. The largest absolute Gasteiger partial charge is 0.473 e. The van der Waals surface area contributed by atoms with Crippen molar-refractivity contribution in [2.24, 2.45) is 0 Å². The van der Waals surface area contributed by atoms with Crippen LogP contribution in [0.15, 0.2) is 29.6 Å². The average molecular weight is 383 g/mol. The Kier molecular flexibility index (Phi) is 10.5. The third kappa shape index (κ3) is 8.39. The second-order valence-corrected chi connectivity index (χ2v) is 6.37. The molecule has 1 heterocycles. The topological polar surface area (TPSA) is 107 Å². The molecule has 0 radical (unpaired) electrons. The summed E-state index contributed by atoms with van der Waals surface area (Å²) < 4.78 is 7.03. The second-order valence-electron chi connectivity index (χ2n) is 5.42. The molecule has 8 heteroatoms. The van der Waals surface area contributed by atoms with Crippen LogP contribution in [-0.2, 0) is 20.7 Å². The highest BCUT2D eigenvalue weighted by molar-refractivity contribution is 7.17. The number of carboxylic acids is 2. The van der Waals surface area contributed by atoms with Gasteiger partial charge in [-0.2, -0.15) is 0 Å². The number of thiophene rings is 1. The molecule has 0 fully saturated rings. The zero-order valence-electron chi connectivity index (χ0n) is 14.8. The van der Waals surface area contributed by atoms with Crippen molar-refractivity contribution in [3.05, 3.63) is 35.2 Å². The maximum Gasteiger partial charge on any atom is 0.414 e. The Labute approximate surface area is 156 Å². The molecule has 26 heavy (non-hydrogen) atoms. The number of carboxylic acid groups (broad SMARTS) is 2. The molecule has 0 saturated carbocycles. The SMILES string of the molecule is CCN(CCO)CCOCCc1ccc2sccc2c1.O=C(O)C(=O)O. The average Bonchev–Trinajstić information content (AvgIpc) is 3.08. The maximum absolute atomic E-state index is 9.10. The van der Waals surface area contributed by atoms with Gasteiger partial charge in [-0.3, -0.25) is 4.90 Å². The van der Waals surface area contributed by atoms with Crippen LogP contribution in [0.2, 0.25) is 0 Å². The summed E-state index contributed by atoms with van der Waals surface area (Å²) in [6.45, 7) is 6.38. The van der Waals surface area contributed by atoms with E-state index in [1.807, 2.05) is 0 Å². The fourth-order valence-electron chi connectivity index (χ4n) is 2.23. The van der Waals surface area contributed by atoms with Crippen molar-refractivity contribution in [1.29, 1.82) is 0 Å². The van der Waals surface area contributed by atoms with Crippen molar-refractivity contribution in [3.8, 4) is 0 Å². The lowest BCUT2D eigenvalue weighted by molar-refractivity contribution is -0.159. The monoisotopic (exact) mass is 383 g/mol. The summed E-state index contributed by atoms with van der Waals surface area (Å²) in [6, 6.07) is 8.79. The van der Waals surface area contributed by atoms with E-state index in [1.54, 1.807) is 11.3 Å². The zero-order valence-corrected chi connectivity index (χ0v) is 15.6. The Morgan fingerprint density at radius 1 is 1.12 bits per heavy atom. The number of ether oxygens (including phenoxy) is 1. The normalized spacial score (nSPS) is 10.6. The molecule has 2 aromatic rings. The molecule has 1 aromatic carbocycles. The van der Waals surface area contributed by atoms with Crippen molar-refractivity contribution < 1.29 is 29.6 Å². The van der Waals surface area contributed by atoms with Crippen molar-refractivity contribution in [1.82, 2.24) is 4.90 Å². The van der Waals surface area contributed by atoms with E-state index in [-0.39, 0.29) is 6.61 Å². The lowest BCUT2D eigenvalue weighted by atomic mass is 10.1. The van der Waals surface area contributed by atoms with E-state index in [9.17, 15) is 0 Å². The molecule has 0 saturated heterocycles. The minimum absolute atomic E-state index is 0.217. The van der Waals surface area contributed by atoms with Gasteiger partial charge in [0.25, 0.3) is 0 Å². The number of benzene rings is 1. The number of carbonyl (C=O) groups is 2. The summed E-state index contributed by atoms with van der Waals surface area (Å²) in [5, 5.41) is 27.1. The first-order valence-corrected chi connectivity index (χ1v) is 9.19. The number of aliphatic hydroxyl groups is 1. The van der Waals surface area contributed by atoms with Crippen LogP contribution >= 0.6 is 11.3 Å². The summed E-state index contributed by atoms with van der Waals surface area (Å²) in [6.07, 6.45) is 0.956. The van der Waals surface area contributed by atoms with Crippen LogP contribution in [0.5, 0.6) is 0 Å². The number of aliphatic carboxylic acids is 2. The molecule has 0 bridgehead atoms. The van der Waals surface area contributed by atoms with Crippen molar-refractivity contribution in [2.45, 2.75) is 13.3 Å². The Balaban J connectivity index is 0.000000487. The number of nitrogens with zero attached hydrogens (tertiary/aromatic N) is 1. The molecule has 0 atom stereocenters. The summed E-state index contributed by atoms with van der Waals surface area (Å²) in [7, 11) is 0. The fourth-order valence-corrected chi connectivity index (χ4v) is 3.00. The van der Waals surface area contributed by atoms with Crippen LogP contribution in [-0.4, -0.2) is 71.6 Å². The van der Waals surface area contributed by atoms with Gasteiger partial charge in [-0.15, -0.1) is 11.3 Å². The molecule has 1 aromatic heterocycles. The van der Waals surface area contributed by atoms with Gasteiger partial charge in [-0.25, -0.2) is 9.59 Å².